The number of carbonyl (C=O) groups is 1. The third-order valence-corrected chi connectivity index (χ3v) is 4.70. The highest BCUT2D eigenvalue weighted by Crippen LogP contribution is 2.27. The van der Waals surface area contributed by atoms with Crippen LogP contribution in [0.25, 0.3) is 11.0 Å². The summed E-state index contributed by atoms with van der Waals surface area (Å²) in [5, 5.41) is 23.1. The van der Waals surface area contributed by atoms with E-state index in [9.17, 15) is 14.8 Å². The number of carbonyl (C=O) groups excluding carboxylic acids is 1. The van der Waals surface area contributed by atoms with Crippen LogP contribution in [0.1, 0.15) is 22.3 Å². The molecule has 5 nitrogen and oxygen atoms in total. The van der Waals surface area contributed by atoms with Crippen molar-refractivity contribution in [3.8, 4) is 0 Å². The fourth-order valence-corrected chi connectivity index (χ4v) is 3.05. The van der Waals surface area contributed by atoms with Crippen molar-refractivity contribution in [2.24, 2.45) is 0 Å². The van der Waals surface area contributed by atoms with Crippen LogP contribution in [0.4, 0.5) is 0 Å². The van der Waals surface area contributed by atoms with Crippen molar-refractivity contribution >= 4 is 24.0 Å². The first kappa shape index (κ1) is 18.2. The summed E-state index contributed by atoms with van der Waals surface area (Å²) in [6.07, 6.45) is 2.08. The average molecular weight is 351 g/mol. The van der Waals surface area contributed by atoms with Crippen LogP contribution in [-0.4, -0.2) is 29.0 Å². The van der Waals surface area contributed by atoms with Gasteiger partial charge in [0.25, 0.3) is 0 Å². The minimum atomic E-state index is -1.66. The van der Waals surface area contributed by atoms with E-state index in [-0.39, 0.29) is 18.7 Å². The van der Waals surface area contributed by atoms with Crippen LogP contribution in [0.15, 0.2) is 53.1 Å². The van der Waals surface area contributed by atoms with Crippen LogP contribution in [0.5, 0.6) is 0 Å². The van der Waals surface area contributed by atoms with Crippen LogP contribution in [0, 0.1) is 13.8 Å². The molecule has 134 valence electrons. The Balaban J connectivity index is 1.75. The Bertz CT molecular complexity index is 905. The van der Waals surface area contributed by atoms with E-state index in [1.165, 1.54) is 0 Å². The molecular weight excluding hydrogens is 329 g/mol. The van der Waals surface area contributed by atoms with E-state index in [2.05, 4.69) is 5.32 Å². The number of rotatable bonds is 6. The molecule has 3 rings (SSSR count). The number of aryl methyl sites for hydroxylation is 2. The summed E-state index contributed by atoms with van der Waals surface area (Å²) in [7, 11) is -1.66. The largest absolute Gasteiger partial charge is 0.475 e. The van der Waals surface area contributed by atoms with Crippen molar-refractivity contribution in [2.75, 3.05) is 0 Å². The number of fused-ring (bicyclic) bond motifs is 1. The zero-order chi connectivity index (χ0) is 18.7. The molecule has 0 saturated carbocycles. The molecule has 0 fully saturated rings. The molecule has 3 aromatic rings. The van der Waals surface area contributed by atoms with E-state index in [1.54, 1.807) is 6.26 Å². The van der Waals surface area contributed by atoms with Crippen molar-refractivity contribution in [1.29, 1.82) is 0 Å². The highest BCUT2D eigenvalue weighted by Gasteiger charge is 2.27. The second-order valence-electron chi connectivity index (χ2n) is 6.60. The van der Waals surface area contributed by atoms with Crippen LogP contribution in [0.2, 0.25) is 0 Å². The molecule has 1 amide bonds. The zero-order valence-corrected chi connectivity index (χ0v) is 14.9. The highest BCUT2D eigenvalue weighted by molar-refractivity contribution is 6.43. The van der Waals surface area contributed by atoms with E-state index in [0.29, 0.717) is 0 Å². The van der Waals surface area contributed by atoms with Crippen LogP contribution < -0.4 is 5.32 Å². The lowest BCUT2D eigenvalue weighted by Crippen LogP contribution is -2.48. The second kappa shape index (κ2) is 7.76. The first-order valence-corrected chi connectivity index (χ1v) is 8.61. The second-order valence-corrected chi connectivity index (χ2v) is 6.60. The SMILES string of the molecule is Cc1ccc2c(CC(NC(=O)Cc3ccccc3)B(O)O)coc2c1C. The van der Waals surface area contributed by atoms with Gasteiger partial charge in [0.2, 0.25) is 5.91 Å². The van der Waals surface area contributed by atoms with Crippen molar-refractivity contribution < 1.29 is 19.3 Å². The molecule has 3 N–H and O–H groups in total. The summed E-state index contributed by atoms with van der Waals surface area (Å²) in [5.41, 5.74) is 4.69. The first-order chi connectivity index (χ1) is 12.5. The third-order valence-electron chi connectivity index (χ3n) is 4.70. The number of furan rings is 1. The Hall–Kier alpha value is -2.57. The molecule has 2 aromatic carbocycles. The minimum absolute atomic E-state index is 0.189. The summed E-state index contributed by atoms with van der Waals surface area (Å²) >= 11 is 0. The van der Waals surface area contributed by atoms with Crippen LogP contribution in [-0.2, 0) is 17.6 Å². The van der Waals surface area contributed by atoms with Gasteiger partial charge in [-0.05, 0) is 42.5 Å². The van der Waals surface area contributed by atoms with E-state index in [4.69, 9.17) is 4.42 Å². The van der Waals surface area contributed by atoms with Crippen molar-refractivity contribution in [1.82, 2.24) is 5.32 Å². The maximum absolute atomic E-state index is 12.3. The number of benzene rings is 2. The van der Waals surface area contributed by atoms with E-state index < -0.39 is 13.1 Å². The van der Waals surface area contributed by atoms with Crippen molar-refractivity contribution in [3.63, 3.8) is 0 Å². The topological polar surface area (TPSA) is 82.7 Å². The Morgan fingerprint density at radius 2 is 1.88 bits per heavy atom. The van der Waals surface area contributed by atoms with Gasteiger partial charge in [0.05, 0.1) is 18.6 Å². The molecule has 1 atom stereocenters. The zero-order valence-electron chi connectivity index (χ0n) is 14.9. The molecular formula is C20H22BNO4. The maximum atomic E-state index is 12.3. The molecule has 6 heteroatoms. The van der Waals surface area contributed by atoms with Gasteiger partial charge < -0.3 is 19.8 Å². The summed E-state index contributed by atoms with van der Waals surface area (Å²) in [6.45, 7) is 4.01. The molecule has 1 unspecified atom stereocenters. The molecule has 0 saturated heterocycles. The lowest BCUT2D eigenvalue weighted by Gasteiger charge is -2.17. The fourth-order valence-electron chi connectivity index (χ4n) is 3.05. The van der Waals surface area contributed by atoms with Gasteiger partial charge in [-0.1, -0.05) is 42.5 Å². The lowest BCUT2D eigenvalue weighted by atomic mass is 9.75. The Morgan fingerprint density at radius 1 is 1.15 bits per heavy atom. The maximum Gasteiger partial charge on any atom is 0.475 e. The Kier molecular flexibility index (Phi) is 5.45. The summed E-state index contributed by atoms with van der Waals surface area (Å²) in [5.74, 6) is -1.07. The molecule has 1 heterocycles. The molecule has 0 radical (unpaired) electrons. The van der Waals surface area contributed by atoms with Gasteiger partial charge in [-0.3, -0.25) is 4.79 Å². The Morgan fingerprint density at radius 3 is 2.58 bits per heavy atom. The number of nitrogens with one attached hydrogen (secondary N) is 1. The fraction of sp³-hybridized carbons (Fsp3) is 0.250. The average Bonchev–Trinajstić information content (AvgIpc) is 3.02. The molecule has 0 aliphatic carbocycles. The van der Waals surface area contributed by atoms with E-state index in [1.807, 2.05) is 56.3 Å². The Labute approximate surface area is 152 Å². The lowest BCUT2D eigenvalue weighted by molar-refractivity contribution is -0.120. The number of hydrogen-bond donors (Lipinski definition) is 3. The van der Waals surface area contributed by atoms with Crippen LogP contribution >= 0.6 is 0 Å². The minimum Gasteiger partial charge on any atom is -0.464 e. The quantitative estimate of drug-likeness (QED) is 0.596. The van der Waals surface area contributed by atoms with Gasteiger partial charge in [-0.15, -0.1) is 0 Å². The van der Waals surface area contributed by atoms with Gasteiger partial charge in [0, 0.05) is 5.39 Å². The van der Waals surface area contributed by atoms with Gasteiger partial charge in [0.15, 0.2) is 0 Å². The summed E-state index contributed by atoms with van der Waals surface area (Å²) < 4.78 is 5.67. The molecule has 1 aromatic heterocycles. The van der Waals surface area contributed by atoms with E-state index >= 15 is 0 Å². The van der Waals surface area contributed by atoms with E-state index in [0.717, 1.165) is 33.2 Å². The standard InChI is InChI=1S/C20H22BNO4/c1-13-8-9-17-16(12-26-20(17)14(13)2)11-18(21(24)25)22-19(23)10-15-6-4-3-5-7-15/h3-9,12,18,24-25H,10-11H2,1-2H3,(H,22,23). The van der Waals surface area contributed by atoms with Crippen molar-refractivity contribution in [3.05, 3.63) is 71.0 Å². The van der Waals surface area contributed by atoms with Gasteiger partial charge in [0.1, 0.15) is 5.58 Å². The molecule has 0 aliphatic rings. The predicted octanol–water partition coefficient (Wildman–Crippen LogP) is 2.33. The predicted molar refractivity (Wildman–Crippen MR) is 102 cm³/mol. The monoisotopic (exact) mass is 351 g/mol. The van der Waals surface area contributed by atoms with Crippen LogP contribution in [0.3, 0.4) is 0 Å². The van der Waals surface area contributed by atoms with Gasteiger partial charge in [-0.2, -0.15) is 0 Å². The number of hydrogen-bond acceptors (Lipinski definition) is 4. The molecule has 0 spiro atoms. The van der Waals surface area contributed by atoms with Gasteiger partial charge >= 0.3 is 7.12 Å². The summed E-state index contributed by atoms with van der Waals surface area (Å²) in [4.78, 5) is 12.3. The van der Waals surface area contributed by atoms with Gasteiger partial charge in [-0.25, -0.2) is 0 Å². The first-order valence-electron chi connectivity index (χ1n) is 8.61. The third kappa shape index (κ3) is 3.98. The molecule has 0 aliphatic heterocycles. The number of amides is 1. The van der Waals surface area contributed by atoms with Crippen molar-refractivity contribution in [2.45, 2.75) is 32.6 Å². The normalized spacial score (nSPS) is 12.2. The smallest absolute Gasteiger partial charge is 0.464 e. The molecule has 0 bridgehead atoms. The molecule has 26 heavy (non-hydrogen) atoms. The highest BCUT2D eigenvalue weighted by atomic mass is 16.4. The summed E-state index contributed by atoms with van der Waals surface area (Å²) in [6, 6.07) is 13.3.